The molecule has 2 aromatic carbocycles. The van der Waals surface area contributed by atoms with Crippen molar-refractivity contribution in [3.8, 4) is 0 Å². The van der Waals surface area contributed by atoms with E-state index in [9.17, 15) is 0 Å². The molecule has 2 aromatic rings. The number of nitrogens with one attached hydrogen (secondary N) is 1. The van der Waals surface area contributed by atoms with E-state index in [1.54, 1.807) is 0 Å². The van der Waals surface area contributed by atoms with Crippen molar-refractivity contribution in [3.05, 3.63) is 69.8 Å². The van der Waals surface area contributed by atoms with Gasteiger partial charge in [0.1, 0.15) is 0 Å². The molecule has 0 aliphatic rings. The first-order valence-electron chi connectivity index (χ1n) is 7.32. The van der Waals surface area contributed by atoms with Crippen molar-refractivity contribution < 1.29 is 0 Å². The first-order chi connectivity index (χ1) is 9.51. The summed E-state index contributed by atoms with van der Waals surface area (Å²) < 4.78 is 0. The third-order valence-electron chi connectivity index (χ3n) is 3.96. The minimum atomic E-state index is 0.373. The second-order valence-corrected chi connectivity index (χ2v) is 5.85. The van der Waals surface area contributed by atoms with Crippen molar-refractivity contribution in [2.24, 2.45) is 0 Å². The van der Waals surface area contributed by atoms with E-state index in [2.05, 4.69) is 76.5 Å². The number of aryl methyl sites for hydroxylation is 4. The number of benzene rings is 2. The largest absolute Gasteiger partial charge is 0.313 e. The highest BCUT2D eigenvalue weighted by Crippen LogP contribution is 2.26. The van der Waals surface area contributed by atoms with Crippen molar-refractivity contribution in [2.75, 3.05) is 7.05 Å². The van der Waals surface area contributed by atoms with Crippen molar-refractivity contribution in [2.45, 2.75) is 40.2 Å². The molecular formula is C19H25N. The number of likely N-dealkylation sites (N-methyl/N-ethyl adjacent to an activating group) is 1. The lowest BCUT2D eigenvalue weighted by Crippen LogP contribution is -2.21. The van der Waals surface area contributed by atoms with Crippen LogP contribution in [0.4, 0.5) is 0 Å². The molecule has 0 spiro atoms. The Morgan fingerprint density at radius 3 is 2.10 bits per heavy atom. The van der Waals surface area contributed by atoms with Gasteiger partial charge in [-0.2, -0.15) is 0 Å². The minimum Gasteiger partial charge on any atom is -0.313 e. The molecule has 20 heavy (non-hydrogen) atoms. The molecule has 106 valence electrons. The maximum Gasteiger partial charge on any atom is 0.0363 e. The van der Waals surface area contributed by atoms with E-state index in [-0.39, 0.29) is 0 Å². The van der Waals surface area contributed by atoms with Crippen molar-refractivity contribution in [1.82, 2.24) is 5.32 Å². The Hall–Kier alpha value is -1.60. The fraction of sp³-hybridized carbons (Fsp3) is 0.368. The lowest BCUT2D eigenvalue weighted by atomic mass is 9.90. The molecule has 1 atom stereocenters. The van der Waals surface area contributed by atoms with Gasteiger partial charge >= 0.3 is 0 Å². The van der Waals surface area contributed by atoms with Crippen LogP contribution in [0.15, 0.2) is 36.4 Å². The van der Waals surface area contributed by atoms with E-state index < -0.39 is 0 Å². The summed E-state index contributed by atoms with van der Waals surface area (Å²) in [6.45, 7) is 8.75. The van der Waals surface area contributed by atoms with Crippen LogP contribution in [-0.4, -0.2) is 7.05 Å². The summed E-state index contributed by atoms with van der Waals surface area (Å²) in [4.78, 5) is 0. The Morgan fingerprint density at radius 2 is 1.55 bits per heavy atom. The molecular weight excluding hydrogens is 242 g/mol. The second-order valence-electron chi connectivity index (χ2n) is 5.85. The highest BCUT2D eigenvalue weighted by atomic mass is 14.9. The molecule has 0 bridgehead atoms. The van der Waals surface area contributed by atoms with Crippen LogP contribution in [0.3, 0.4) is 0 Å². The molecule has 0 aliphatic carbocycles. The van der Waals surface area contributed by atoms with E-state index in [4.69, 9.17) is 0 Å². The molecule has 0 radical (unpaired) electrons. The summed E-state index contributed by atoms with van der Waals surface area (Å²) in [5.74, 6) is 0. The predicted octanol–water partition coefficient (Wildman–Crippen LogP) is 4.42. The molecule has 0 heterocycles. The molecule has 1 nitrogen and oxygen atoms in total. The molecule has 0 fully saturated rings. The standard InChI is InChI=1S/C19H25N/c1-13-7-6-8-17(11-13)12-18(20-5)19-15(3)9-14(2)10-16(19)4/h6-11,18,20H,12H2,1-5H3. The SMILES string of the molecule is CNC(Cc1cccc(C)c1)c1c(C)cc(C)cc1C. The van der Waals surface area contributed by atoms with Gasteiger partial charge in [-0.25, -0.2) is 0 Å². The van der Waals surface area contributed by atoms with Crippen LogP contribution in [0.5, 0.6) is 0 Å². The lowest BCUT2D eigenvalue weighted by molar-refractivity contribution is 0.585. The summed E-state index contributed by atoms with van der Waals surface area (Å²) in [7, 11) is 2.05. The Labute approximate surface area is 123 Å². The van der Waals surface area contributed by atoms with Gasteiger partial charge in [-0.15, -0.1) is 0 Å². The lowest BCUT2D eigenvalue weighted by Gasteiger charge is -2.22. The van der Waals surface area contributed by atoms with Gasteiger partial charge < -0.3 is 5.32 Å². The Balaban J connectivity index is 2.34. The maximum absolute atomic E-state index is 3.49. The summed E-state index contributed by atoms with van der Waals surface area (Å²) in [5.41, 5.74) is 8.27. The van der Waals surface area contributed by atoms with Gasteiger partial charge in [0.25, 0.3) is 0 Å². The summed E-state index contributed by atoms with van der Waals surface area (Å²) >= 11 is 0. The van der Waals surface area contributed by atoms with Gasteiger partial charge in [-0.1, -0.05) is 47.5 Å². The second kappa shape index (κ2) is 6.23. The molecule has 2 rings (SSSR count). The smallest absolute Gasteiger partial charge is 0.0363 e. The van der Waals surface area contributed by atoms with Gasteiger partial charge in [-0.05, 0) is 63.4 Å². The topological polar surface area (TPSA) is 12.0 Å². The summed E-state index contributed by atoms with van der Waals surface area (Å²) in [6, 6.07) is 13.7. The van der Waals surface area contributed by atoms with E-state index in [0.29, 0.717) is 6.04 Å². The zero-order chi connectivity index (χ0) is 14.7. The summed E-state index contributed by atoms with van der Waals surface area (Å²) in [6.07, 6.45) is 1.03. The van der Waals surface area contributed by atoms with Crippen LogP contribution in [0.1, 0.15) is 39.4 Å². The van der Waals surface area contributed by atoms with Crippen LogP contribution in [0.25, 0.3) is 0 Å². The fourth-order valence-electron chi connectivity index (χ4n) is 3.16. The average molecular weight is 267 g/mol. The van der Waals surface area contributed by atoms with E-state index in [1.807, 2.05) is 0 Å². The van der Waals surface area contributed by atoms with Gasteiger partial charge in [0, 0.05) is 6.04 Å². The quantitative estimate of drug-likeness (QED) is 0.864. The fourth-order valence-corrected chi connectivity index (χ4v) is 3.16. The molecule has 1 unspecified atom stereocenters. The maximum atomic E-state index is 3.49. The third kappa shape index (κ3) is 3.29. The van der Waals surface area contributed by atoms with E-state index in [1.165, 1.54) is 33.4 Å². The third-order valence-corrected chi connectivity index (χ3v) is 3.96. The monoisotopic (exact) mass is 267 g/mol. The zero-order valence-corrected chi connectivity index (χ0v) is 13.2. The van der Waals surface area contributed by atoms with Gasteiger partial charge in [0.15, 0.2) is 0 Å². The van der Waals surface area contributed by atoms with Crippen molar-refractivity contribution in [3.63, 3.8) is 0 Å². The van der Waals surface area contributed by atoms with Crippen LogP contribution in [-0.2, 0) is 6.42 Å². The Kier molecular flexibility index (Phi) is 4.61. The van der Waals surface area contributed by atoms with Gasteiger partial charge in [0.2, 0.25) is 0 Å². The number of hydrogen-bond acceptors (Lipinski definition) is 1. The van der Waals surface area contributed by atoms with Crippen molar-refractivity contribution >= 4 is 0 Å². The molecule has 0 aromatic heterocycles. The highest BCUT2D eigenvalue weighted by molar-refractivity contribution is 5.40. The Bertz CT molecular complexity index is 575. The van der Waals surface area contributed by atoms with Crippen LogP contribution in [0, 0.1) is 27.7 Å². The molecule has 1 N–H and O–H groups in total. The first-order valence-corrected chi connectivity index (χ1v) is 7.32. The van der Waals surface area contributed by atoms with E-state index >= 15 is 0 Å². The molecule has 1 heteroatoms. The van der Waals surface area contributed by atoms with Gasteiger partial charge in [-0.3, -0.25) is 0 Å². The average Bonchev–Trinajstić information content (AvgIpc) is 2.36. The number of rotatable bonds is 4. The van der Waals surface area contributed by atoms with E-state index in [0.717, 1.165) is 6.42 Å². The molecule has 0 amide bonds. The zero-order valence-electron chi connectivity index (χ0n) is 13.2. The first kappa shape index (κ1) is 14.8. The predicted molar refractivity (Wildman–Crippen MR) is 87.3 cm³/mol. The molecule has 0 saturated heterocycles. The highest BCUT2D eigenvalue weighted by Gasteiger charge is 2.15. The van der Waals surface area contributed by atoms with Gasteiger partial charge in [0.05, 0.1) is 0 Å². The number of hydrogen-bond donors (Lipinski definition) is 1. The van der Waals surface area contributed by atoms with Crippen molar-refractivity contribution in [1.29, 1.82) is 0 Å². The molecule has 0 saturated carbocycles. The normalized spacial score (nSPS) is 12.4. The van der Waals surface area contributed by atoms with Crippen LogP contribution in [0.2, 0.25) is 0 Å². The Morgan fingerprint density at radius 1 is 0.900 bits per heavy atom. The van der Waals surface area contributed by atoms with Crippen LogP contribution < -0.4 is 5.32 Å². The summed E-state index contributed by atoms with van der Waals surface area (Å²) in [5, 5.41) is 3.49. The van der Waals surface area contributed by atoms with Crippen LogP contribution >= 0.6 is 0 Å². The molecule has 0 aliphatic heterocycles. The minimum absolute atomic E-state index is 0.373.